The summed E-state index contributed by atoms with van der Waals surface area (Å²) in [6, 6.07) is 11.3. The van der Waals surface area contributed by atoms with Crippen LogP contribution in [0.2, 0.25) is 0 Å². The summed E-state index contributed by atoms with van der Waals surface area (Å²) in [5.74, 6) is 0.606. The fourth-order valence-electron chi connectivity index (χ4n) is 1.73. The summed E-state index contributed by atoms with van der Waals surface area (Å²) in [6.07, 6.45) is 0. The van der Waals surface area contributed by atoms with Crippen molar-refractivity contribution in [1.29, 1.82) is 0 Å². The second-order valence-electron chi connectivity index (χ2n) is 4.41. The lowest BCUT2D eigenvalue weighted by molar-refractivity contribution is -0.384. The van der Waals surface area contributed by atoms with Gasteiger partial charge < -0.3 is 4.74 Å². The molecule has 0 aliphatic rings. The Kier molecular flexibility index (Phi) is 3.79. The van der Waals surface area contributed by atoms with Crippen molar-refractivity contribution in [3.63, 3.8) is 0 Å². The lowest BCUT2D eigenvalue weighted by atomic mass is 10.1. The molecule has 20 heavy (non-hydrogen) atoms. The summed E-state index contributed by atoms with van der Waals surface area (Å²) in [5.41, 5.74) is 1.15. The maximum Gasteiger partial charge on any atom is 0.270 e. The first-order valence-electron chi connectivity index (χ1n) is 6.01. The number of ketones is 1. The molecular formula is C15H13NO4. The van der Waals surface area contributed by atoms with Crippen molar-refractivity contribution in [2.45, 2.75) is 13.8 Å². The van der Waals surface area contributed by atoms with E-state index in [-0.39, 0.29) is 17.0 Å². The molecule has 0 radical (unpaired) electrons. The first kappa shape index (κ1) is 13.7. The topological polar surface area (TPSA) is 69.4 Å². The van der Waals surface area contributed by atoms with E-state index in [4.69, 9.17) is 4.74 Å². The van der Waals surface area contributed by atoms with Crippen molar-refractivity contribution in [2.24, 2.45) is 0 Å². The Bertz CT molecular complexity index is 662. The minimum absolute atomic E-state index is 0.133. The van der Waals surface area contributed by atoms with Crippen molar-refractivity contribution in [3.05, 3.63) is 63.7 Å². The number of ether oxygens (including phenoxy) is 1. The standard InChI is InChI=1S/C15H13NO4/c1-10-3-6-13(7-4-10)20-15-8-5-12(16(18)19)9-14(15)11(2)17/h3-9H,1-2H3. The number of carbonyl (C=O) groups is 1. The molecule has 0 aliphatic heterocycles. The molecule has 0 saturated carbocycles. The van der Waals surface area contributed by atoms with Gasteiger partial charge in [0.15, 0.2) is 5.78 Å². The van der Waals surface area contributed by atoms with Crippen molar-refractivity contribution in [2.75, 3.05) is 0 Å². The van der Waals surface area contributed by atoms with Crippen molar-refractivity contribution in [1.82, 2.24) is 0 Å². The molecule has 0 aromatic heterocycles. The van der Waals surface area contributed by atoms with Crippen LogP contribution in [0.15, 0.2) is 42.5 Å². The maximum absolute atomic E-state index is 11.6. The molecule has 2 aromatic carbocycles. The van der Waals surface area contributed by atoms with Crippen LogP contribution in [-0.2, 0) is 0 Å². The van der Waals surface area contributed by atoms with Crippen LogP contribution in [0.4, 0.5) is 5.69 Å². The van der Waals surface area contributed by atoms with E-state index in [1.54, 1.807) is 12.1 Å². The van der Waals surface area contributed by atoms with Crippen LogP contribution in [0.1, 0.15) is 22.8 Å². The Morgan fingerprint density at radius 3 is 2.35 bits per heavy atom. The SMILES string of the molecule is CC(=O)c1cc([N+](=O)[O-])ccc1Oc1ccc(C)cc1. The van der Waals surface area contributed by atoms with E-state index in [2.05, 4.69) is 0 Å². The lowest BCUT2D eigenvalue weighted by Gasteiger charge is -2.09. The Balaban J connectivity index is 2.38. The van der Waals surface area contributed by atoms with Crippen LogP contribution in [-0.4, -0.2) is 10.7 Å². The quantitative estimate of drug-likeness (QED) is 0.480. The number of Topliss-reactive ketones (excluding diaryl/α,β-unsaturated/α-hetero) is 1. The van der Waals surface area contributed by atoms with Gasteiger partial charge in [-0.25, -0.2) is 0 Å². The molecule has 0 saturated heterocycles. The van der Waals surface area contributed by atoms with Crippen molar-refractivity contribution < 1.29 is 14.5 Å². The van der Waals surface area contributed by atoms with Crippen LogP contribution in [0.3, 0.4) is 0 Å². The number of nitrogens with zero attached hydrogens (tertiary/aromatic N) is 1. The summed E-state index contributed by atoms with van der Waals surface area (Å²) in [5, 5.41) is 10.7. The molecule has 5 heteroatoms. The van der Waals surface area contributed by atoms with Gasteiger partial charge in [-0.3, -0.25) is 14.9 Å². The highest BCUT2D eigenvalue weighted by Crippen LogP contribution is 2.29. The van der Waals surface area contributed by atoms with Crippen LogP contribution in [0, 0.1) is 17.0 Å². The normalized spacial score (nSPS) is 10.1. The fourth-order valence-corrected chi connectivity index (χ4v) is 1.73. The molecule has 5 nitrogen and oxygen atoms in total. The fraction of sp³-hybridized carbons (Fsp3) is 0.133. The van der Waals surface area contributed by atoms with Gasteiger partial charge in [0.1, 0.15) is 11.5 Å². The van der Waals surface area contributed by atoms with Crippen LogP contribution < -0.4 is 4.74 Å². The molecule has 0 aliphatic carbocycles. The van der Waals surface area contributed by atoms with Gasteiger partial charge in [0.05, 0.1) is 10.5 Å². The number of hydrogen-bond donors (Lipinski definition) is 0. The Labute approximate surface area is 116 Å². The molecule has 0 unspecified atom stereocenters. The molecule has 0 spiro atoms. The largest absolute Gasteiger partial charge is 0.457 e. The molecule has 0 atom stereocenters. The molecule has 2 aromatic rings. The number of benzene rings is 2. The monoisotopic (exact) mass is 271 g/mol. The molecule has 0 heterocycles. The van der Waals surface area contributed by atoms with E-state index in [0.717, 1.165) is 5.56 Å². The molecule has 0 amide bonds. The summed E-state index contributed by atoms with van der Waals surface area (Å²) < 4.78 is 5.62. The number of non-ortho nitro benzene ring substituents is 1. The first-order chi connectivity index (χ1) is 9.47. The Morgan fingerprint density at radius 2 is 1.80 bits per heavy atom. The highest BCUT2D eigenvalue weighted by atomic mass is 16.6. The summed E-state index contributed by atoms with van der Waals surface area (Å²) in [4.78, 5) is 21.8. The van der Waals surface area contributed by atoms with Gasteiger partial charge in [-0.1, -0.05) is 17.7 Å². The van der Waals surface area contributed by atoms with E-state index in [0.29, 0.717) is 11.5 Å². The smallest absolute Gasteiger partial charge is 0.270 e. The van der Waals surface area contributed by atoms with Gasteiger partial charge in [0, 0.05) is 12.1 Å². The van der Waals surface area contributed by atoms with Gasteiger partial charge in [-0.15, -0.1) is 0 Å². The predicted octanol–water partition coefficient (Wildman–Crippen LogP) is 3.90. The number of aryl methyl sites for hydroxylation is 1. The number of hydrogen-bond acceptors (Lipinski definition) is 4. The molecular weight excluding hydrogens is 258 g/mol. The second kappa shape index (κ2) is 5.52. The summed E-state index contributed by atoms with van der Waals surface area (Å²) in [7, 11) is 0. The average Bonchev–Trinajstić information content (AvgIpc) is 2.41. The highest BCUT2D eigenvalue weighted by molar-refractivity contribution is 5.97. The molecule has 102 valence electrons. The first-order valence-corrected chi connectivity index (χ1v) is 6.01. The lowest BCUT2D eigenvalue weighted by Crippen LogP contribution is -1.99. The van der Waals surface area contributed by atoms with Crippen LogP contribution >= 0.6 is 0 Å². The van der Waals surface area contributed by atoms with Crippen LogP contribution in [0.5, 0.6) is 11.5 Å². The Morgan fingerprint density at radius 1 is 1.15 bits per heavy atom. The van der Waals surface area contributed by atoms with E-state index < -0.39 is 4.92 Å². The predicted molar refractivity (Wildman–Crippen MR) is 74.4 cm³/mol. The number of nitro groups is 1. The van der Waals surface area contributed by atoms with Gasteiger partial charge in [0.2, 0.25) is 0 Å². The van der Waals surface area contributed by atoms with E-state index in [1.165, 1.54) is 25.1 Å². The van der Waals surface area contributed by atoms with E-state index in [9.17, 15) is 14.9 Å². The van der Waals surface area contributed by atoms with Gasteiger partial charge in [-0.05, 0) is 32.0 Å². The third kappa shape index (κ3) is 3.00. The third-order valence-electron chi connectivity index (χ3n) is 2.80. The Hall–Kier alpha value is -2.69. The minimum atomic E-state index is -0.540. The number of rotatable bonds is 4. The van der Waals surface area contributed by atoms with Gasteiger partial charge in [-0.2, -0.15) is 0 Å². The highest BCUT2D eigenvalue weighted by Gasteiger charge is 2.15. The number of carbonyl (C=O) groups excluding carboxylic acids is 1. The molecule has 0 N–H and O–H groups in total. The maximum atomic E-state index is 11.6. The minimum Gasteiger partial charge on any atom is -0.457 e. The van der Waals surface area contributed by atoms with Crippen LogP contribution in [0.25, 0.3) is 0 Å². The zero-order valence-electron chi connectivity index (χ0n) is 11.1. The second-order valence-corrected chi connectivity index (χ2v) is 4.41. The number of nitro benzene ring substituents is 1. The third-order valence-corrected chi connectivity index (χ3v) is 2.80. The molecule has 0 bridgehead atoms. The van der Waals surface area contributed by atoms with E-state index in [1.807, 2.05) is 19.1 Å². The molecule has 2 rings (SSSR count). The average molecular weight is 271 g/mol. The van der Waals surface area contributed by atoms with Gasteiger partial charge in [0.25, 0.3) is 5.69 Å². The summed E-state index contributed by atoms with van der Waals surface area (Å²) in [6.45, 7) is 3.30. The van der Waals surface area contributed by atoms with Crippen molar-refractivity contribution >= 4 is 11.5 Å². The van der Waals surface area contributed by atoms with Crippen molar-refractivity contribution in [3.8, 4) is 11.5 Å². The zero-order chi connectivity index (χ0) is 14.7. The van der Waals surface area contributed by atoms with Gasteiger partial charge >= 0.3 is 0 Å². The summed E-state index contributed by atoms with van der Waals surface area (Å²) >= 11 is 0. The van der Waals surface area contributed by atoms with E-state index >= 15 is 0 Å². The zero-order valence-corrected chi connectivity index (χ0v) is 11.1. The molecule has 0 fully saturated rings.